The molecule has 136 valence electrons. The monoisotopic (exact) mass is 355 g/mol. The molecule has 1 fully saturated rings. The van der Waals surface area contributed by atoms with Gasteiger partial charge in [-0.25, -0.2) is 4.79 Å². The van der Waals surface area contributed by atoms with Gasteiger partial charge in [-0.1, -0.05) is 6.07 Å². The Bertz CT molecular complexity index is 839. The van der Waals surface area contributed by atoms with Crippen LogP contribution in [0.2, 0.25) is 0 Å². The number of anilines is 1. The van der Waals surface area contributed by atoms with Gasteiger partial charge in [0.25, 0.3) is 0 Å². The molecular weight excluding hydrogens is 334 g/mol. The summed E-state index contributed by atoms with van der Waals surface area (Å²) in [5.74, 6) is -0.0899. The second-order valence-corrected chi connectivity index (χ2v) is 6.77. The predicted molar refractivity (Wildman–Crippen MR) is 94.3 cm³/mol. The Morgan fingerprint density at radius 3 is 2.81 bits per heavy atom. The molecule has 1 saturated carbocycles. The third-order valence-electron chi connectivity index (χ3n) is 5.10. The zero-order chi connectivity index (χ0) is 18.1. The van der Waals surface area contributed by atoms with E-state index in [1.807, 2.05) is 18.2 Å². The van der Waals surface area contributed by atoms with Gasteiger partial charge >= 0.3 is 5.97 Å². The van der Waals surface area contributed by atoms with E-state index < -0.39 is 5.97 Å². The molecular formula is C19H21N3O4. The molecule has 1 atom stereocenters. The number of benzene rings is 1. The molecule has 2 heterocycles. The quantitative estimate of drug-likeness (QED) is 0.823. The Balaban J connectivity index is 1.66. The van der Waals surface area contributed by atoms with Crippen LogP contribution in [0.15, 0.2) is 24.4 Å². The highest BCUT2D eigenvalue weighted by molar-refractivity contribution is 5.96. The molecule has 1 aromatic carbocycles. The van der Waals surface area contributed by atoms with E-state index in [1.54, 1.807) is 6.20 Å². The van der Waals surface area contributed by atoms with Crippen LogP contribution in [0.5, 0.6) is 5.75 Å². The smallest absolute Gasteiger partial charge is 0.356 e. The number of nitrogens with one attached hydrogen (secondary N) is 2. The standard InChI is InChI=1S/C19H21N3O4/c1-25-19(24)18-15(10-20-22-18)14-9-17(23)21-16-8-12(6-7-13(14)16)26-11-4-2-3-5-11/h6-8,10-11,14H,2-5,9H2,1H3,(H,20,22)(H,21,23). The molecule has 26 heavy (non-hydrogen) atoms. The Morgan fingerprint density at radius 2 is 2.04 bits per heavy atom. The summed E-state index contributed by atoms with van der Waals surface area (Å²) in [7, 11) is 1.32. The van der Waals surface area contributed by atoms with Crippen molar-refractivity contribution < 1.29 is 19.1 Å². The number of carbonyl (C=O) groups excluding carboxylic acids is 2. The number of carbonyl (C=O) groups is 2. The van der Waals surface area contributed by atoms with Crippen LogP contribution < -0.4 is 10.1 Å². The lowest BCUT2D eigenvalue weighted by atomic mass is 9.85. The van der Waals surface area contributed by atoms with Crippen molar-refractivity contribution in [3.63, 3.8) is 0 Å². The number of aromatic amines is 1. The summed E-state index contributed by atoms with van der Waals surface area (Å²) < 4.78 is 10.8. The lowest BCUT2D eigenvalue weighted by Crippen LogP contribution is -2.24. The molecule has 0 spiro atoms. The second kappa shape index (κ2) is 6.82. The molecule has 1 unspecified atom stereocenters. The van der Waals surface area contributed by atoms with Crippen LogP contribution in [0.4, 0.5) is 5.69 Å². The average molecular weight is 355 g/mol. The zero-order valence-electron chi connectivity index (χ0n) is 14.6. The Morgan fingerprint density at radius 1 is 1.23 bits per heavy atom. The summed E-state index contributed by atoms with van der Waals surface area (Å²) in [5.41, 5.74) is 2.61. The van der Waals surface area contributed by atoms with Gasteiger partial charge < -0.3 is 14.8 Å². The molecule has 1 aliphatic heterocycles. The van der Waals surface area contributed by atoms with E-state index in [-0.39, 0.29) is 30.0 Å². The number of hydrogen-bond donors (Lipinski definition) is 2. The number of rotatable bonds is 4. The van der Waals surface area contributed by atoms with Crippen LogP contribution in [-0.4, -0.2) is 35.3 Å². The number of methoxy groups -OCH3 is 1. The normalized spacial score (nSPS) is 19.7. The minimum Gasteiger partial charge on any atom is -0.490 e. The van der Waals surface area contributed by atoms with Gasteiger partial charge in [-0.3, -0.25) is 9.89 Å². The third kappa shape index (κ3) is 3.05. The first kappa shape index (κ1) is 16.6. The van der Waals surface area contributed by atoms with Crippen molar-refractivity contribution in [3.8, 4) is 5.75 Å². The first-order chi connectivity index (χ1) is 12.7. The molecule has 2 N–H and O–H groups in total. The third-order valence-corrected chi connectivity index (χ3v) is 5.10. The number of nitrogens with zero attached hydrogens (tertiary/aromatic N) is 1. The van der Waals surface area contributed by atoms with Crippen molar-refractivity contribution in [1.82, 2.24) is 10.2 Å². The average Bonchev–Trinajstić information content (AvgIpc) is 3.31. The molecule has 4 rings (SSSR count). The largest absolute Gasteiger partial charge is 0.490 e. The van der Waals surface area contributed by atoms with Gasteiger partial charge in [-0.05, 0) is 37.3 Å². The number of hydrogen-bond acceptors (Lipinski definition) is 5. The Hall–Kier alpha value is -2.83. The van der Waals surface area contributed by atoms with Crippen molar-refractivity contribution in [3.05, 3.63) is 41.2 Å². The fraction of sp³-hybridized carbons (Fsp3) is 0.421. The highest BCUT2D eigenvalue weighted by Gasteiger charge is 2.31. The van der Waals surface area contributed by atoms with Gasteiger partial charge in [0.15, 0.2) is 0 Å². The molecule has 2 aliphatic rings. The van der Waals surface area contributed by atoms with Crippen molar-refractivity contribution in [2.24, 2.45) is 0 Å². The molecule has 1 aliphatic carbocycles. The van der Waals surface area contributed by atoms with Crippen molar-refractivity contribution >= 4 is 17.6 Å². The highest BCUT2D eigenvalue weighted by atomic mass is 16.5. The van der Waals surface area contributed by atoms with E-state index in [1.165, 1.54) is 20.0 Å². The maximum atomic E-state index is 12.2. The van der Waals surface area contributed by atoms with Gasteiger partial charge in [-0.2, -0.15) is 5.10 Å². The van der Waals surface area contributed by atoms with Crippen LogP contribution in [0, 0.1) is 0 Å². The van der Waals surface area contributed by atoms with Crippen molar-refractivity contribution in [1.29, 1.82) is 0 Å². The van der Waals surface area contributed by atoms with E-state index >= 15 is 0 Å². The van der Waals surface area contributed by atoms with Crippen molar-refractivity contribution in [2.75, 3.05) is 12.4 Å². The molecule has 1 aromatic heterocycles. The fourth-order valence-corrected chi connectivity index (χ4v) is 3.82. The van der Waals surface area contributed by atoms with Gasteiger partial charge in [0.05, 0.1) is 19.4 Å². The number of fused-ring (bicyclic) bond motifs is 1. The van der Waals surface area contributed by atoms with Crippen LogP contribution in [-0.2, 0) is 9.53 Å². The summed E-state index contributed by atoms with van der Waals surface area (Å²) in [6.07, 6.45) is 6.63. The Kier molecular flexibility index (Phi) is 4.36. The van der Waals surface area contributed by atoms with E-state index in [4.69, 9.17) is 9.47 Å². The molecule has 2 aromatic rings. The minimum atomic E-state index is -0.494. The maximum Gasteiger partial charge on any atom is 0.356 e. The lowest BCUT2D eigenvalue weighted by Gasteiger charge is -2.26. The van der Waals surface area contributed by atoms with Crippen LogP contribution >= 0.6 is 0 Å². The van der Waals surface area contributed by atoms with E-state index in [9.17, 15) is 9.59 Å². The molecule has 7 nitrogen and oxygen atoms in total. The summed E-state index contributed by atoms with van der Waals surface area (Å²) in [6, 6.07) is 5.76. The highest BCUT2D eigenvalue weighted by Crippen LogP contribution is 2.40. The molecule has 0 bridgehead atoms. The number of H-pyrrole nitrogens is 1. The van der Waals surface area contributed by atoms with Crippen molar-refractivity contribution in [2.45, 2.75) is 44.1 Å². The first-order valence-corrected chi connectivity index (χ1v) is 8.87. The Labute approximate surface area is 151 Å². The zero-order valence-corrected chi connectivity index (χ0v) is 14.6. The maximum absolute atomic E-state index is 12.2. The van der Waals surface area contributed by atoms with Crippen LogP contribution in [0.1, 0.15) is 59.6 Å². The van der Waals surface area contributed by atoms with Gasteiger partial charge in [0.1, 0.15) is 11.4 Å². The van der Waals surface area contributed by atoms with E-state index in [0.29, 0.717) is 5.56 Å². The van der Waals surface area contributed by atoms with Gasteiger partial charge in [-0.15, -0.1) is 0 Å². The molecule has 0 radical (unpaired) electrons. The number of esters is 1. The predicted octanol–water partition coefficient (Wildman–Crippen LogP) is 2.99. The molecule has 1 amide bonds. The summed E-state index contributed by atoms with van der Waals surface area (Å²) >= 11 is 0. The summed E-state index contributed by atoms with van der Waals surface area (Å²) in [6.45, 7) is 0. The van der Waals surface area contributed by atoms with E-state index in [0.717, 1.165) is 29.8 Å². The summed E-state index contributed by atoms with van der Waals surface area (Å²) in [4.78, 5) is 24.2. The van der Waals surface area contributed by atoms with E-state index in [2.05, 4.69) is 15.5 Å². The lowest BCUT2D eigenvalue weighted by molar-refractivity contribution is -0.116. The SMILES string of the molecule is COC(=O)c1[nH]ncc1C1CC(=O)Nc2cc(OC3CCCC3)ccc21. The van der Waals surface area contributed by atoms with Gasteiger partial charge in [0, 0.05) is 29.7 Å². The first-order valence-electron chi connectivity index (χ1n) is 8.87. The summed E-state index contributed by atoms with van der Waals surface area (Å²) in [5, 5.41) is 9.56. The topological polar surface area (TPSA) is 93.3 Å². The van der Waals surface area contributed by atoms with Gasteiger partial charge in [0.2, 0.25) is 5.91 Å². The molecule has 0 saturated heterocycles. The molecule has 7 heteroatoms. The minimum absolute atomic E-state index is 0.0995. The fourth-order valence-electron chi connectivity index (χ4n) is 3.82. The second-order valence-electron chi connectivity index (χ2n) is 6.77. The number of ether oxygens (including phenoxy) is 2. The number of amides is 1. The van der Waals surface area contributed by atoms with Crippen LogP contribution in [0.3, 0.4) is 0 Å². The number of aromatic nitrogens is 2. The van der Waals surface area contributed by atoms with Crippen LogP contribution in [0.25, 0.3) is 0 Å².